The number of halogens is 4. The zero-order valence-electron chi connectivity index (χ0n) is 9.89. The minimum Gasteiger partial charge on any atom is -0.506 e. The lowest BCUT2D eigenvalue weighted by molar-refractivity contribution is -0.137. The summed E-state index contributed by atoms with van der Waals surface area (Å²) in [5, 5.41) is 9.83. The average molecular weight is 301 g/mol. The molecule has 0 amide bonds. The van der Waals surface area contributed by atoms with Gasteiger partial charge in [0.2, 0.25) is 0 Å². The van der Waals surface area contributed by atoms with Crippen molar-refractivity contribution in [2.24, 2.45) is 4.99 Å². The van der Waals surface area contributed by atoms with Gasteiger partial charge in [-0.2, -0.15) is 13.2 Å². The number of phenolic OH excluding ortho intramolecular Hbond substituents is 1. The van der Waals surface area contributed by atoms with Gasteiger partial charge in [-0.25, -0.2) is 0 Å². The van der Waals surface area contributed by atoms with Gasteiger partial charge >= 0.3 is 6.18 Å². The van der Waals surface area contributed by atoms with Gasteiger partial charge < -0.3 is 5.11 Å². The molecule has 0 saturated carbocycles. The topological polar surface area (TPSA) is 45.5 Å². The highest BCUT2D eigenvalue weighted by molar-refractivity contribution is 6.32. The van der Waals surface area contributed by atoms with Crippen molar-refractivity contribution in [3.63, 3.8) is 0 Å². The number of benzene rings is 1. The minimum atomic E-state index is -4.49. The lowest BCUT2D eigenvalue weighted by Gasteiger charge is -2.07. The SMILES string of the molecule is Oc1ccc(C(F)(F)F)cc1/N=C/c1ccncc1Cl. The second kappa shape index (κ2) is 5.50. The third kappa shape index (κ3) is 3.27. The summed E-state index contributed by atoms with van der Waals surface area (Å²) in [5.74, 6) is -0.348. The Bertz CT molecular complexity index is 656. The van der Waals surface area contributed by atoms with Crippen LogP contribution in [0.5, 0.6) is 5.75 Å². The summed E-state index contributed by atoms with van der Waals surface area (Å²) in [6.07, 6.45) is -0.375. The smallest absolute Gasteiger partial charge is 0.416 e. The molecule has 7 heteroatoms. The molecule has 104 valence electrons. The number of hydrogen-bond donors (Lipinski definition) is 1. The monoisotopic (exact) mass is 300 g/mol. The Kier molecular flexibility index (Phi) is 3.94. The largest absolute Gasteiger partial charge is 0.506 e. The van der Waals surface area contributed by atoms with Crippen LogP contribution in [0.25, 0.3) is 0 Å². The van der Waals surface area contributed by atoms with Gasteiger partial charge in [-0.15, -0.1) is 0 Å². The number of alkyl halides is 3. The van der Waals surface area contributed by atoms with Crippen molar-refractivity contribution in [2.75, 3.05) is 0 Å². The Labute approximate surface area is 117 Å². The molecule has 1 aromatic heterocycles. The van der Waals surface area contributed by atoms with Gasteiger partial charge in [-0.3, -0.25) is 9.98 Å². The Morgan fingerprint density at radius 1 is 1.25 bits per heavy atom. The molecule has 0 saturated heterocycles. The van der Waals surface area contributed by atoms with Crippen molar-refractivity contribution in [1.29, 1.82) is 0 Å². The summed E-state index contributed by atoms with van der Waals surface area (Å²) >= 11 is 5.84. The molecule has 0 atom stereocenters. The molecule has 0 aliphatic carbocycles. The molecular weight excluding hydrogens is 293 g/mol. The number of nitrogens with zero attached hydrogens (tertiary/aromatic N) is 2. The van der Waals surface area contributed by atoms with E-state index < -0.39 is 11.7 Å². The van der Waals surface area contributed by atoms with Crippen LogP contribution in [0.1, 0.15) is 11.1 Å². The minimum absolute atomic E-state index is 0.187. The van der Waals surface area contributed by atoms with E-state index in [4.69, 9.17) is 11.6 Å². The normalized spacial score (nSPS) is 12.0. The van der Waals surface area contributed by atoms with Gasteiger partial charge in [0.15, 0.2) is 0 Å². The maximum atomic E-state index is 12.6. The van der Waals surface area contributed by atoms with E-state index in [1.807, 2.05) is 0 Å². The number of aromatic nitrogens is 1. The quantitative estimate of drug-likeness (QED) is 0.844. The summed E-state index contributed by atoms with van der Waals surface area (Å²) in [6.45, 7) is 0. The van der Waals surface area contributed by atoms with Crippen molar-refractivity contribution < 1.29 is 18.3 Å². The summed E-state index contributed by atoms with van der Waals surface area (Å²) in [7, 11) is 0. The second-order valence-electron chi connectivity index (χ2n) is 3.86. The van der Waals surface area contributed by atoms with Crippen LogP contribution in [-0.2, 0) is 6.18 Å². The van der Waals surface area contributed by atoms with E-state index in [0.29, 0.717) is 10.6 Å². The molecule has 0 fully saturated rings. The summed E-state index contributed by atoms with van der Waals surface area (Å²) < 4.78 is 37.7. The standard InChI is InChI=1S/C13H8ClF3N2O/c14-10-7-18-4-3-8(10)6-19-11-5-9(13(15,16)17)1-2-12(11)20/h1-7,20H/b19-6+. The summed E-state index contributed by atoms with van der Waals surface area (Å²) in [4.78, 5) is 7.60. The third-order valence-corrected chi connectivity index (χ3v) is 2.77. The van der Waals surface area contributed by atoms with E-state index in [9.17, 15) is 18.3 Å². The molecule has 0 radical (unpaired) electrons. The van der Waals surface area contributed by atoms with Crippen molar-refractivity contribution in [3.05, 3.63) is 52.8 Å². The molecule has 20 heavy (non-hydrogen) atoms. The highest BCUT2D eigenvalue weighted by Gasteiger charge is 2.31. The predicted molar refractivity (Wildman–Crippen MR) is 69.6 cm³/mol. The molecule has 2 aromatic rings. The molecule has 0 aliphatic rings. The van der Waals surface area contributed by atoms with Crippen LogP contribution in [0.4, 0.5) is 18.9 Å². The van der Waals surface area contributed by atoms with Crippen molar-refractivity contribution in [1.82, 2.24) is 4.98 Å². The lowest BCUT2D eigenvalue weighted by atomic mass is 10.2. The fraction of sp³-hybridized carbons (Fsp3) is 0.0769. The first-order chi connectivity index (χ1) is 9.38. The molecule has 0 bridgehead atoms. The maximum Gasteiger partial charge on any atom is 0.416 e. The van der Waals surface area contributed by atoms with Gasteiger partial charge in [0, 0.05) is 24.2 Å². The summed E-state index contributed by atoms with van der Waals surface area (Å²) in [6, 6.07) is 4.05. The maximum absolute atomic E-state index is 12.6. The second-order valence-corrected chi connectivity index (χ2v) is 4.26. The number of rotatable bonds is 2. The number of hydrogen-bond acceptors (Lipinski definition) is 3. The van der Waals surface area contributed by atoms with E-state index in [1.165, 1.54) is 18.6 Å². The highest BCUT2D eigenvalue weighted by Crippen LogP contribution is 2.35. The molecule has 1 N–H and O–H groups in total. The molecule has 1 aromatic carbocycles. The van der Waals surface area contributed by atoms with E-state index in [0.717, 1.165) is 18.2 Å². The number of pyridine rings is 1. The first-order valence-electron chi connectivity index (χ1n) is 5.42. The molecule has 3 nitrogen and oxygen atoms in total. The first-order valence-corrected chi connectivity index (χ1v) is 5.79. The Morgan fingerprint density at radius 3 is 2.65 bits per heavy atom. The van der Waals surface area contributed by atoms with E-state index >= 15 is 0 Å². The Morgan fingerprint density at radius 2 is 2.00 bits per heavy atom. The first kappa shape index (κ1) is 14.3. The number of phenols is 1. The molecule has 0 spiro atoms. The van der Waals surface area contributed by atoms with Gasteiger partial charge in [0.05, 0.1) is 10.6 Å². The van der Waals surface area contributed by atoms with Crippen LogP contribution >= 0.6 is 11.6 Å². The zero-order valence-corrected chi connectivity index (χ0v) is 10.7. The van der Waals surface area contributed by atoms with Crippen LogP contribution in [0, 0.1) is 0 Å². The van der Waals surface area contributed by atoms with E-state index in [1.54, 1.807) is 6.07 Å². The van der Waals surface area contributed by atoms with Crippen molar-refractivity contribution >= 4 is 23.5 Å². The van der Waals surface area contributed by atoms with Gasteiger partial charge in [-0.1, -0.05) is 11.6 Å². The lowest BCUT2D eigenvalue weighted by Crippen LogP contribution is -2.03. The third-order valence-electron chi connectivity index (χ3n) is 2.45. The molecule has 0 aliphatic heterocycles. The van der Waals surface area contributed by atoms with Crippen LogP contribution < -0.4 is 0 Å². The van der Waals surface area contributed by atoms with Crippen molar-refractivity contribution in [2.45, 2.75) is 6.18 Å². The Hall–Kier alpha value is -2.08. The van der Waals surface area contributed by atoms with Crippen LogP contribution in [0.15, 0.2) is 41.7 Å². The van der Waals surface area contributed by atoms with Gasteiger partial charge in [0.25, 0.3) is 0 Å². The number of aromatic hydroxyl groups is 1. The molecular formula is C13H8ClF3N2O. The average Bonchev–Trinajstić information content (AvgIpc) is 2.38. The molecule has 1 heterocycles. The van der Waals surface area contributed by atoms with Gasteiger partial charge in [0.1, 0.15) is 11.4 Å². The van der Waals surface area contributed by atoms with E-state index in [2.05, 4.69) is 9.98 Å². The Balaban J connectivity index is 2.36. The summed E-state index contributed by atoms with van der Waals surface area (Å²) in [5.41, 5.74) is -0.588. The number of aliphatic imine (C=N–C) groups is 1. The van der Waals surface area contributed by atoms with E-state index in [-0.39, 0.29) is 11.4 Å². The fourth-order valence-electron chi connectivity index (χ4n) is 1.43. The van der Waals surface area contributed by atoms with Gasteiger partial charge in [-0.05, 0) is 24.3 Å². The van der Waals surface area contributed by atoms with Crippen LogP contribution in [0.3, 0.4) is 0 Å². The zero-order chi connectivity index (χ0) is 14.8. The fourth-order valence-corrected chi connectivity index (χ4v) is 1.60. The van der Waals surface area contributed by atoms with Crippen LogP contribution in [-0.4, -0.2) is 16.3 Å². The highest BCUT2D eigenvalue weighted by atomic mass is 35.5. The molecule has 2 rings (SSSR count). The molecule has 0 unspecified atom stereocenters. The van der Waals surface area contributed by atoms with Crippen LogP contribution in [0.2, 0.25) is 5.02 Å². The van der Waals surface area contributed by atoms with Crippen molar-refractivity contribution in [3.8, 4) is 5.75 Å². The predicted octanol–water partition coefficient (Wildman–Crippen LogP) is 4.21.